The van der Waals surface area contributed by atoms with Crippen LogP contribution in [0.2, 0.25) is 0 Å². The molecule has 1 aliphatic rings. The average molecular weight is 205 g/mol. The van der Waals surface area contributed by atoms with Crippen molar-refractivity contribution in [3.63, 3.8) is 0 Å². The Hall–Kier alpha value is -0.760. The molecule has 0 saturated heterocycles. The van der Waals surface area contributed by atoms with E-state index >= 15 is 0 Å². The molecule has 0 radical (unpaired) electrons. The third-order valence-electron chi connectivity index (χ3n) is 2.46. The first-order valence-electron chi connectivity index (χ1n) is 5.03. The molecule has 0 saturated carbocycles. The molecule has 1 aliphatic heterocycles. The van der Waals surface area contributed by atoms with Gasteiger partial charge in [-0.3, -0.25) is 4.99 Å². The van der Waals surface area contributed by atoms with Crippen molar-refractivity contribution >= 4 is 16.8 Å². The summed E-state index contributed by atoms with van der Waals surface area (Å²) in [5.74, 6) is 1.80. The third kappa shape index (κ3) is 2.01. The molecule has 0 amide bonds. The number of nitrogens with zero attached hydrogens (tertiary/aromatic N) is 1. The summed E-state index contributed by atoms with van der Waals surface area (Å²) in [6, 6.07) is 11.0. The molecule has 1 aromatic carbocycles. The quantitative estimate of drug-likeness (QED) is 0.722. The molecular weight excluding hydrogens is 190 g/mol. The van der Waals surface area contributed by atoms with Crippen molar-refractivity contribution in [2.45, 2.75) is 19.9 Å². The van der Waals surface area contributed by atoms with E-state index in [1.165, 1.54) is 10.6 Å². The molecule has 0 aromatic heterocycles. The maximum atomic E-state index is 4.74. The standard InChI is InChI=1S/C12H15NS/c1-9(2)11-8-14-12(13-11)10-6-4-3-5-7-10/h3-7,9,11H,8H2,1-2H3/t11-/m0/s1. The number of aliphatic imine (C=N–C) groups is 1. The normalized spacial score (nSPS) is 21.4. The molecule has 14 heavy (non-hydrogen) atoms. The van der Waals surface area contributed by atoms with Crippen molar-refractivity contribution in [1.82, 2.24) is 0 Å². The highest BCUT2D eigenvalue weighted by Crippen LogP contribution is 2.26. The highest BCUT2D eigenvalue weighted by Gasteiger charge is 2.21. The van der Waals surface area contributed by atoms with Crippen LogP contribution in [0.1, 0.15) is 19.4 Å². The molecule has 74 valence electrons. The van der Waals surface area contributed by atoms with Gasteiger partial charge in [0.25, 0.3) is 0 Å². The van der Waals surface area contributed by atoms with Crippen LogP contribution < -0.4 is 0 Å². The summed E-state index contributed by atoms with van der Waals surface area (Å²) in [5.41, 5.74) is 1.26. The highest BCUT2D eigenvalue weighted by atomic mass is 32.2. The van der Waals surface area contributed by atoms with Crippen molar-refractivity contribution in [3.05, 3.63) is 35.9 Å². The Morgan fingerprint density at radius 3 is 2.57 bits per heavy atom. The van der Waals surface area contributed by atoms with Gasteiger partial charge in [-0.25, -0.2) is 0 Å². The minimum Gasteiger partial charge on any atom is -0.273 e. The van der Waals surface area contributed by atoms with Crippen molar-refractivity contribution < 1.29 is 0 Å². The molecule has 0 bridgehead atoms. The predicted molar refractivity (Wildman–Crippen MR) is 64.1 cm³/mol. The zero-order valence-corrected chi connectivity index (χ0v) is 9.42. The van der Waals surface area contributed by atoms with E-state index < -0.39 is 0 Å². The SMILES string of the molecule is CC(C)[C@@H]1CSC(c2ccccc2)=N1. The Bertz CT molecular complexity index is 329. The lowest BCUT2D eigenvalue weighted by Crippen LogP contribution is -2.11. The van der Waals surface area contributed by atoms with E-state index in [1.807, 2.05) is 17.8 Å². The summed E-state index contributed by atoms with van der Waals surface area (Å²) in [5, 5.41) is 1.21. The fourth-order valence-corrected chi connectivity index (χ4v) is 2.77. The molecule has 0 aliphatic carbocycles. The highest BCUT2D eigenvalue weighted by molar-refractivity contribution is 8.14. The molecule has 0 unspecified atom stereocenters. The van der Waals surface area contributed by atoms with Crippen LogP contribution in [0.4, 0.5) is 0 Å². The van der Waals surface area contributed by atoms with Crippen LogP contribution in [0.5, 0.6) is 0 Å². The Labute approximate surface area is 89.6 Å². The minimum absolute atomic E-state index is 0.509. The summed E-state index contributed by atoms with van der Waals surface area (Å²) >= 11 is 1.88. The molecular formula is C12H15NS. The van der Waals surface area contributed by atoms with Crippen LogP contribution in [0.3, 0.4) is 0 Å². The second-order valence-electron chi connectivity index (χ2n) is 3.92. The summed E-state index contributed by atoms with van der Waals surface area (Å²) in [4.78, 5) is 4.74. The number of benzene rings is 1. The minimum atomic E-state index is 0.509. The van der Waals surface area contributed by atoms with E-state index in [0.717, 1.165) is 5.75 Å². The number of hydrogen-bond acceptors (Lipinski definition) is 2. The van der Waals surface area contributed by atoms with Crippen molar-refractivity contribution in [1.29, 1.82) is 0 Å². The van der Waals surface area contributed by atoms with Gasteiger partial charge in [-0.1, -0.05) is 44.2 Å². The van der Waals surface area contributed by atoms with Gasteiger partial charge in [-0.15, -0.1) is 11.8 Å². The molecule has 1 aromatic rings. The van der Waals surface area contributed by atoms with Gasteiger partial charge in [0.15, 0.2) is 0 Å². The fraction of sp³-hybridized carbons (Fsp3) is 0.417. The Balaban J connectivity index is 2.18. The summed E-state index contributed by atoms with van der Waals surface area (Å²) in [6.45, 7) is 4.48. The average Bonchev–Trinajstić information content (AvgIpc) is 2.68. The van der Waals surface area contributed by atoms with Crippen LogP contribution in [0, 0.1) is 5.92 Å². The second kappa shape index (κ2) is 4.18. The topological polar surface area (TPSA) is 12.4 Å². The van der Waals surface area contributed by atoms with E-state index in [9.17, 15) is 0 Å². The van der Waals surface area contributed by atoms with Crippen molar-refractivity contribution in [2.75, 3.05) is 5.75 Å². The monoisotopic (exact) mass is 205 g/mol. The van der Waals surface area contributed by atoms with E-state index in [-0.39, 0.29) is 0 Å². The van der Waals surface area contributed by atoms with Crippen LogP contribution in [-0.2, 0) is 0 Å². The van der Waals surface area contributed by atoms with Gasteiger partial charge >= 0.3 is 0 Å². The first-order valence-corrected chi connectivity index (χ1v) is 6.02. The summed E-state index contributed by atoms with van der Waals surface area (Å²) in [6.07, 6.45) is 0. The number of thioether (sulfide) groups is 1. The number of rotatable bonds is 2. The smallest absolute Gasteiger partial charge is 0.0981 e. The lowest BCUT2D eigenvalue weighted by atomic mass is 10.1. The molecule has 0 N–H and O–H groups in total. The van der Waals surface area contributed by atoms with Gasteiger partial charge < -0.3 is 0 Å². The lowest BCUT2D eigenvalue weighted by Gasteiger charge is -2.08. The Kier molecular flexibility index (Phi) is 2.92. The molecule has 0 fully saturated rings. The fourth-order valence-electron chi connectivity index (χ4n) is 1.47. The van der Waals surface area contributed by atoms with E-state index in [2.05, 4.69) is 38.1 Å². The van der Waals surface area contributed by atoms with Gasteiger partial charge in [0.1, 0.15) is 0 Å². The second-order valence-corrected chi connectivity index (χ2v) is 4.93. The zero-order valence-electron chi connectivity index (χ0n) is 8.60. The summed E-state index contributed by atoms with van der Waals surface area (Å²) in [7, 11) is 0. The maximum Gasteiger partial charge on any atom is 0.0981 e. The van der Waals surface area contributed by atoms with Gasteiger partial charge in [0.2, 0.25) is 0 Å². The Morgan fingerprint density at radius 2 is 2.00 bits per heavy atom. The van der Waals surface area contributed by atoms with E-state index in [4.69, 9.17) is 4.99 Å². The third-order valence-corrected chi connectivity index (χ3v) is 3.59. The van der Waals surface area contributed by atoms with Gasteiger partial charge in [0, 0.05) is 11.3 Å². The van der Waals surface area contributed by atoms with Gasteiger partial charge in [-0.2, -0.15) is 0 Å². The molecule has 2 heteroatoms. The molecule has 1 heterocycles. The first kappa shape index (κ1) is 9.78. The largest absolute Gasteiger partial charge is 0.273 e. The van der Waals surface area contributed by atoms with Crippen molar-refractivity contribution in [2.24, 2.45) is 10.9 Å². The van der Waals surface area contributed by atoms with Crippen molar-refractivity contribution in [3.8, 4) is 0 Å². The molecule has 1 nitrogen and oxygen atoms in total. The van der Waals surface area contributed by atoms with Gasteiger partial charge in [-0.05, 0) is 5.92 Å². The van der Waals surface area contributed by atoms with Crippen LogP contribution >= 0.6 is 11.8 Å². The molecule has 2 rings (SSSR count). The first-order chi connectivity index (χ1) is 6.77. The Morgan fingerprint density at radius 1 is 1.29 bits per heavy atom. The predicted octanol–water partition coefficient (Wildman–Crippen LogP) is 3.20. The van der Waals surface area contributed by atoms with E-state index in [0.29, 0.717) is 12.0 Å². The maximum absolute atomic E-state index is 4.74. The van der Waals surface area contributed by atoms with Crippen LogP contribution in [0.15, 0.2) is 35.3 Å². The zero-order chi connectivity index (χ0) is 9.97. The van der Waals surface area contributed by atoms with Crippen LogP contribution in [-0.4, -0.2) is 16.8 Å². The van der Waals surface area contributed by atoms with Gasteiger partial charge in [0.05, 0.1) is 11.1 Å². The van der Waals surface area contributed by atoms with Crippen LogP contribution in [0.25, 0.3) is 0 Å². The molecule has 1 atom stereocenters. The number of hydrogen-bond donors (Lipinski definition) is 0. The van der Waals surface area contributed by atoms with E-state index in [1.54, 1.807) is 0 Å². The summed E-state index contributed by atoms with van der Waals surface area (Å²) < 4.78 is 0. The lowest BCUT2D eigenvalue weighted by molar-refractivity contribution is 0.544. The molecule has 0 spiro atoms.